The van der Waals surface area contributed by atoms with Crippen LogP contribution in [0, 0.1) is 0 Å². The van der Waals surface area contributed by atoms with Crippen molar-refractivity contribution in [1.29, 1.82) is 0 Å². The summed E-state index contributed by atoms with van der Waals surface area (Å²) in [7, 11) is -3.45. The summed E-state index contributed by atoms with van der Waals surface area (Å²) in [4.78, 5) is 0. The molecule has 0 saturated heterocycles. The van der Waals surface area contributed by atoms with Gasteiger partial charge in [-0.25, -0.2) is 13.1 Å². The second kappa shape index (κ2) is 6.17. The monoisotopic (exact) mass is 359 g/mol. The number of thiophene rings is 1. The highest BCUT2D eigenvalue weighted by molar-refractivity contribution is 9.10. The summed E-state index contributed by atoms with van der Waals surface area (Å²) in [5, 5.41) is 1.75. The van der Waals surface area contributed by atoms with Crippen LogP contribution in [-0.2, 0) is 16.4 Å². The van der Waals surface area contributed by atoms with Crippen LogP contribution in [0.25, 0.3) is 0 Å². The predicted octanol–water partition coefficient (Wildman–Crippen LogP) is 3.42. The van der Waals surface area contributed by atoms with Crippen molar-refractivity contribution < 1.29 is 8.42 Å². The van der Waals surface area contributed by atoms with E-state index < -0.39 is 10.0 Å². The zero-order valence-corrected chi connectivity index (χ0v) is 13.6. The fourth-order valence-corrected chi connectivity index (χ4v) is 5.40. The van der Waals surface area contributed by atoms with Gasteiger partial charge in [0.05, 0.1) is 0 Å². The van der Waals surface area contributed by atoms with E-state index in [-0.39, 0.29) is 6.04 Å². The van der Waals surface area contributed by atoms with Crippen molar-refractivity contribution in [2.75, 3.05) is 0 Å². The van der Waals surface area contributed by atoms with Crippen LogP contribution in [0.5, 0.6) is 0 Å². The molecular weight excluding hydrogens is 346 g/mol. The standard InChI is InChI=1S/C13H14BrNO2S2/c1-10(9-11-5-3-2-4-6-11)15-19(16,17)13-12(14)7-8-18-13/h2-8,10,15H,9H2,1H3. The average Bonchev–Trinajstić information content (AvgIpc) is 2.76. The maximum Gasteiger partial charge on any atom is 0.251 e. The van der Waals surface area contributed by atoms with Crippen LogP contribution in [0.15, 0.2) is 50.5 Å². The van der Waals surface area contributed by atoms with Crippen molar-refractivity contribution in [2.45, 2.75) is 23.6 Å². The van der Waals surface area contributed by atoms with Crippen molar-refractivity contribution in [3.8, 4) is 0 Å². The van der Waals surface area contributed by atoms with Gasteiger partial charge < -0.3 is 0 Å². The average molecular weight is 360 g/mol. The zero-order chi connectivity index (χ0) is 13.9. The van der Waals surface area contributed by atoms with Gasteiger partial charge in [-0.15, -0.1) is 11.3 Å². The lowest BCUT2D eigenvalue weighted by Gasteiger charge is -2.13. The summed E-state index contributed by atoms with van der Waals surface area (Å²) >= 11 is 4.46. The molecule has 6 heteroatoms. The molecule has 1 N–H and O–H groups in total. The molecule has 1 heterocycles. The first kappa shape index (κ1) is 14.7. The van der Waals surface area contributed by atoms with Crippen LogP contribution < -0.4 is 4.72 Å². The largest absolute Gasteiger partial charge is 0.251 e. The molecule has 0 bridgehead atoms. The number of halogens is 1. The Morgan fingerprint density at radius 2 is 1.95 bits per heavy atom. The van der Waals surface area contributed by atoms with E-state index in [1.807, 2.05) is 37.3 Å². The third-order valence-electron chi connectivity index (χ3n) is 2.57. The highest BCUT2D eigenvalue weighted by Gasteiger charge is 2.21. The highest BCUT2D eigenvalue weighted by Crippen LogP contribution is 2.27. The van der Waals surface area contributed by atoms with Gasteiger partial charge in [0.25, 0.3) is 10.0 Å². The Kier molecular flexibility index (Phi) is 4.78. The minimum absolute atomic E-state index is 0.151. The van der Waals surface area contributed by atoms with Crippen LogP contribution in [0.1, 0.15) is 12.5 Å². The second-order valence-corrected chi connectivity index (χ2v) is 7.95. The smallest absolute Gasteiger partial charge is 0.207 e. The second-order valence-electron chi connectivity index (χ2n) is 4.27. The zero-order valence-electron chi connectivity index (χ0n) is 10.3. The molecule has 0 spiro atoms. The van der Waals surface area contributed by atoms with Gasteiger partial charge in [-0.2, -0.15) is 0 Å². The molecule has 0 aliphatic heterocycles. The van der Waals surface area contributed by atoms with Gasteiger partial charge in [0, 0.05) is 10.5 Å². The maximum absolute atomic E-state index is 12.2. The Balaban J connectivity index is 2.07. The predicted molar refractivity (Wildman–Crippen MR) is 81.9 cm³/mol. The first-order chi connectivity index (χ1) is 8.99. The molecule has 0 amide bonds. The molecule has 0 saturated carbocycles. The molecule has 2 rings (SSSR count). The molecule has 1 aromatic carbocycles. The van der Waals surface area contributed by atoms with E-state index in [4.69, 9.17) is 0 Å². The first-order valence-electron chi connectivity index (χ1n) is 5.78. The lowest BCUT2D eigenvalue weighted by Crippen LogP contribution is -2.33. The van der Waals surface area contributed by atoms with E-state index in [0.29, 0.717) is 15.1 Å². The Hall–Kier alpha value is -0.690. The summed E-state index contributed by atoms with van der Waals surface area (Å²) in [6.07, 6.45) is 0.670. The minimum atomic E-state index is -3.45. The quantitative estimate of drug-likeness (QED) is 0.888. The SMILES string of the molecule is CC(Cc1ccccc1)NS(=O)(=O)c1sccc1Br. The number of benzene rings is 1. The Morgan fingerprint density at radius 1 is 1.26 bits per heavy atom. The van der Waals surface area contributed by atoms with Crippen molar-refractivity contribution in [1.82, 2.24) is 4.72 Å². The van der Waals surface area contributed by atoms with E-state index >= 15 is 0 Å². The van der Waals surface area contributed by atoms with Crippen LogP contribution in [-0.4, -0.2) is 14.5 Å². The molecule has 0 radical (unpaired) electrons. The fourth-order valence-electron chi connectivity index (χ4n) is 1.80. The molecule has 0 aliphatic carbocycles. The van der Waals surface area contributed by atoms with Crippen molar-refractivity contribution in [3.05, 3.63) is 51.8 Å². The van der Waals surface area contributed by atoms with Crippen LogP contribution >= 0.6 is 27.3 Å². The third-order valence-corrected chi connectivity index (χ3v) is 6.83. The number of nitrogens with one attached hydrogen (secondary N) is 1. The molecular formula is C13H14BrNO2S2. The Morgan fingerprint density at radius 3 is 2.53 bits per heavy atom. The first-order valence-corrected chi connectivity index (χ1v) is 8.94. The minimum Gasteiger partial charge on any atom is -0.207 e. The molecule has 2 aromatic rings. The fraction of sp³-hybridized carbons (Fsp3) is 0.231. The van der Waals surface area contributed by atoms with E-state index in [2.05, 4.69) is 20.7 Å². The van der Waals surface area contributed by atoms with E-state index in [1.54, 1.807) is 11.4 Å². The van der Waals surface area contributed by atoms with E-state index in [9.17, 15) is 8.42 Å². The lowest BCUT2D eigenvalue weighted by molar-refractivity contribution is 0.561. The maximum atomic E-state index is 12.2. The summed E-state index contributed by atoms with van der Waals surface area (Å²) < 4.78 is 28.0. The summed E-state index contributed by atoms with van der Waals surface area (Å²) in [5.41, 5.74) is 1.11. The number of rotatable bonds is 5. The van der Waals surface area contributed by atoms with Gasteiger partial charge in [-0.3, -0.25) is 0 Å². The van der Waals surface area contributed by atoms with Gasteiger partial charge in [-0.1, -0.05) is 30.3 Å². The van der Waals surface area contributed by atoms with E-state index in [1.165, 1.54) is 11.3 Å². The van der Waals surface area contributed by atoms with Crippen LogP contribution in [0.4, 0.5) is 0 Å². The topological polar surface area (TPSA) is 46.2 Å². The van der Waals surface area contributed by atoms with Gasteiger partial charge in [0.2, 0.25) is 0 Å². The van der Waals surface area contributed by atoms with Gasteiger partial charge >= 0.3 is 0 Å². The molecule has 1 atom stereocenters. The molecule has 19 heavy (non-hydrogen) atoms. The van der Waals surface area contributed by atoms with Crippen molar-refractivity contribution >= 4 is 37.3 Å². The van der Waals surface area contributed by atoms with Crippen LogP contribution in [0.2, 0.25) is 0 Å². The number of sulfonamides is 1. The van der Waals surface area contributed by atoms with E-state index in [0.717, 1.165) is 5.56 Å². The Labute approximate surface area is 125 Å². The molecule has 1 aromatic heterocycles. The molecule has 1 unspecified atom stereocenters. The molecule has 0 fully saturated rings. The van der Waals surface area contributed by atoms with Gasteiger partial charge in [0.1, 0.15) is 4.21 Å². The van der Waals surface area contributed by atoms with Gasteiger partial charge in [0.15, 0.2) is 0 Å². The number of hydrogen-bond acceptors (Lipinski definition) is 3. The lowest BCUT2D eigenvalue weighted by atomic mass is 10.1. The summed E-state index contributed by atoms with van der Waals surface area (Å²) in [6.45, 7) is 1.87. The van der Waals surface area contributed by atoms with Crippen molar-refractivity contribution in [2.24, 2.45) is 0 Å². The van der Waals surface area contributed by atoms with Crippen molar-refractivity contribution in [3.63, 3.8) is 0 Å². The Bertz CT molecular complexity index is 638. The van der Waals surface area contributed by atoms with Crippen LogP contribution in [0.3, 0.4) is 0 Å². The number of hydrogen-bond donors (Lipinski definition) is 1. The summed E-state index contributed by atoms with van der Waals surface area (Å²) in [6, 6.07) is 11.4. The molecule has 102 valence electrons. The van der Waals surface area contributed by atoms with Gasteiger partial charge in [-0.05, 0) is 46.3 Å². The molecule has 3 nitrogen and oxygen atoms in total. The third kappa shape index (κ3) is 3.89. The summed E-state index contributed by atoms with van der Waals surface area (Å²) in [5.74, 6) is 0. The highest BCUT2D eigenvalue weighted by atomic mass is 79.9. The molecule has 0 aliphatic rings. The normalized spacial score (nSPS) is 13.4.